The lowest BCUT2D eigenvalue weighted by molar-refractivity contribution is -0.132. The van der Waals surface area contributed by atoms with Gasteiger partial charge in [0, 0.05) is 11.3 Å². The van der Waals surface area contributed by atoms with Gasteiger partial charge >= 0.3 is 0 Å². The highest BCUT2D eigenvalue weighted by Gasteiger charge is 2.47. The summed E-state index contributed by atoms with van der Waals surface area (Å²) in [5, 5.41) is 11.4. The normalized spacial score (nSPS) is 16.9. The lowest BCUT2D eigenvalue weighted by Crippen LogP contribution is -2.29. The zero-order valence-corrected chi connectivity index (χ0v) is 22.8. The quantitative estimate of drug-likeness (QED) is 0.205. The molecule has 3 aromatic carbocycles. The van der Waals surface area contributed by atoms with Crippen molar-refractivity contribution >= 4 is 23.1 Å². The van der Waals surface area contributed by atoms with Crippen LogP contribution in [0.1, 0.15) is 56.0 Å². The number of carbonyl (C=O) groups is 2. The average Bonchev–Trinajstić information content (AvgIpc) is 3.12. The summed E-state index contributed by atoms with van der Waals surface area (Å²) < 4.78 is 11.7. The first-order valence-corrected chi connectivity index (χ1v) is 12.9. The summed E-state index contributed by atoms with van der Waals surface area (Å²) in [5.74, 6) is 0.0114. The van der Waals surface area contributed by atoms with E-state index in [2.05, 4.69) is 13.8 Å². The highest BCUT2D eigenvalue weighted by atomic mass is 16.5. The van der Waals surface area contributed by atoms with Gasteiger partial charge in [0.25, 0.3) is 11.7 Å². The summed E-state index contributed by atoms with van der Waals surface area (Å²) in [6.07, 6.45) is -0.0486. The molecule has 0 spiro atoms. The smallest absolute Gasteiger partial charge is 0.300 e. The lowest BCUT2D eigenvalue weighted by Gasteiger charge is -2.26. The molecule has 3 aromatic rings. The lowest BCUT2D eigenvalue weighted by atomic mass is 9.94. The first-order chi connectivity index (χ1) is 18.0. The number of ether oxygens (including phenoxy) is 2. The number of aryl methyl sites for hydroxylation is 2. The first kappa shape index (κ1) is 27.0. The van der Waals surface area contributed by atoms with Crippen molar-refractivity contribution in [1.82, 2.24) is 0 Å². The topological polar surface area (TPSA) is 76.1 Å². The molecule has 1 atom stereocenters. The molecular formula is C32H35NO5. The number of Topliss-reactive ketones (excluding diaryl/α,β-unsaturated/α-hetero) is 1. The van der Waals surface area contributed by atoms with E-state index in [-0.39, 0.29) is 17.4 Å². The Morgan fingerprint density at radius 3 is 2.16 bits per heavy atom. The molecule has 1 heterocycles. The van der Waals surface area contributed by atoms with Gasteiger partial charge in [-0.25, -0.2) is 0 Å². The number of rotatable bonds is 8. The highest BCUT2D eigenvalue weighted by Crippen LogP contribution is 2.43. The van der Waals surface area contributed by atoms with Crippen LogP contribution in [0.5, 0.6) is 11.5 Å². The molecule has 1 fully saturated rings. The van der Waals surface area contributed by atoms with Crippen molar-refractivity contribution in [3.8, 4) is 11.5 Å². The standard InChI is InChI=1S/C32H35NO5/c1-19(2)18-37-26-12-10-23(11-13-26)30(34)28-29(24-8-7-9-27(17-24)38-20(3)4)33(32(36)31(28)35)25-15-21(5)14-22(6)16-25/h7-17,19-20,29,34H,18H2,1-6H3/b30-28+. The van der Waals surface area contributed by atoms with Crippen LogP contribution in [0, 0.1) is 19.8 Å². The van der Waals surface area contributed by atoms with Gasteiger partial charge in [-0.3, -0.25) is 14.5 Å². The number of hydrogen-bond donors (Lipinski definition) is 1. The van der Waals surface area contributed by atoms with E-state index >= 15 is 0 Å². The van der Waals surface area contributed by atoms with Crippen LogP contribution in [0.3, 0.4) is 0 Å². The molecule has 0 aromatic heterocycles. The summed E-state index contributed by atoms with van der Waals surface area (Å²) in [7, 11) is 0. The molecule has 4 rings (SSSR count). The number of carbonyl (C=O) groups excluding carboxylic acids is 2. The van der Waals surface area contributed by atoms with E-state index in [1.807, 2.05) is 70.2 Å². The Kier molecular flexibility index (Phi) is 7.91. The zero-order chi connectivity index (χ0) is 27.6. The average molecular weight is 514 g/mol. The van der Waals surface area contributed by atoms with E-state index in [0.717, 1.165) is 11.1 Å². The van der Waals surface area contributed by atoms with Crippen LogP contribution in [0.4, 0.5) is 5.69 Å². The summed E-state index contributed by atoms with van der Waals surface area (Å²) >= 11 is 0. The van der Waals surface area contributed by atoms with E-state index in [4.69, 9.17) is 9.47 Å². The van der Waals surface area contributed by atoms with Crippen LogP contribution >= 0.6 is 0 Å². The molecule has 1 N–H and O–H groups in total. The van der Waals surface area contributed by atoms with Gasteiger partial charge in [-0.2, -0.15) is 0 Å². The molecule has 1 amide bonds. The molecule has 0 aliphatic carbocycles. The van der Waals surface area contributed by atoms with Crippen molar-refractivity contribution in [3.05, 3.63) is 94.6 Å². The molecule has 0 bridgehead atoms. The molecule has 6 nitrogen and oxygen atoms in total. The fourth-order valence-electron chi connectivity index (χ4n) is 4.66. The third-order valence-electron chi connectivity index (χ3n) is 6.19. The fourth-order valence-corrected chi connectivity index (χ4v) is 4.66. The Morgan fingerprint density at radius 1 is 0.895 bits per heavy atom. The molecule has 38 heavy (non-hydrogen) atoms. The van der Waals surface area contributed by atoms with Gasteiger partial charge in [-0.05, 0) is 98.8 Å². The second-order valence-electron chi connectivity index (χ2n) is 10.5. The monoisotopic (exact) mass is 513 g/mol. The van der Waals surface area contributed by atoms with E-state index in [1.54, 1.807) is 24.3 Å². The molecule has 0 radical (unpaired) electrons. The molecule has 1 aliphatic rings. The van der Waals surface area contributed by atoms with Crippen LogP contribution in [-0.2, 0) is 9.59 Å². The molecule has 0 saturated carbocycles. The molecule has 198 valence electrons. The van der Waals surface area contributed by atoms with Gasteiger partial charge in [0.2, 0.25) is 0 Å². The number of aliphatic hydroxyl groups excluding tert-OH is 1. The maximum Gasteiger partial charge on any atom is 0.300 e. The Bertz CT molecular complexity index is 1350. The van der Waals surface area contributed by atoms with Crippen molar-refractivity contribution in [1.29, 1.82) is 0 Å². The predicted molar refractivity (Wildman–Crippen MR) is 150 cm³/mol. The van der Waals surface area contributed by atoms with E-state index in [9.17, 15) is 14.7 Å². The van der Waals surface area contributed by atoms with Crippen LogP contribution in [0.25, 0.3) is 5.76 Å². The summed E-state index contributed by atoms with van der Waals surface area (Å²) in [5.41, 5.74) is 3.66. The Labute approximate surface area is 224 Å². The van der Waals surface area contributed by atoms with Gasteiger partial charge in [0.15, 0.2) is 0 Å². The number of nitrogens with zero attached hydrogens (tertiary/aromatic N) is 1. The molecule has 1 saturated heterocycles. The maximum atomic E-state index is 13.5. The maximum absolute atomic E-state index is 13.5. The van der Waals surface area contributed by atoms with Crippen LogP contribution in [-0.4, -0.2) is 29.5 Å². The van der Waals surface area contributed by atoms with Gasteiger partial charge in [0.1, 0.15) is 17.3 Å². The Balaban J connectivity index is 1.86. The second kappa shape index (κ2) is 11.1. The number of aliphatic hydroxyl groups is 1. The van der Waals surface area contributed by atoms with Crippen molar-refractivity contribution in [3.63, 3.8) is 0 Å². The number of ketones is 1. The second-order valence-corrected chi connectivity index (χ2v) is 10.5. The fraction of sp³-hybridized carbons (Fsp3) is 0.312. The summed E-state index contributed by atoms with van der Waals surface area (Å²) in [4.78, 5) is 28.5. The minimum Gasteiger partial charge on any atom is -0.507 e. The number of benzene rings is 3. The van der Waals surface area contributed by atoms with Crippen LogP contribution in [0.15, 0.2) is 72.3 Å². The third kappa shape index (κ3) is 5.75. The van der Waals surface area contributed by atoms with Gasteiger partial charge < -0.3 is 14.6 Å². The minimum atomic E-state index is -0.830. The van der Waals surface area contributed by atoms with E-state index in [0.29, 0.717) is 40.8 Å². The van der Waals surface area contributed by atoms with Crippen molar-refractivity contribution in [2.24, 2.45) is 5.92 Å². The summed E-state index contributed by atoms with van der Waals surface area (Å²) in [6.45, 7) is 12.5. The molecule has 6 heteroatoms. The van der Waals surface area contributed by atoms with Gasteiger partial charge in [-0.15, -0.1) is 0 Å². The van der Waals surface area contributed by atoms with Gasteiger partial charge in [-0.1, -0.05) is 32.0 Å². The van der Waals surface area contributed by atoms with Crippen molar-refractivity contribution < 1.29 is 24.2 Å². The SMILES string of the molecule is Cc1cc(C)cc(N2C(=O)C(=O)/C(=C(/O)c3ccc(OCC(C)C)cc3)C2c2cccc(OC(C)C)c2)c1. The van der Waals surface area contributed by atoms with Crippen molar-refractivity contribution in [2.75, 3.05) is 11.5 Å². The predicted octanol–water partition coefficient (Wildman–Crippen LogP) is 6.75. The van der Waals surface area contributed by atoms with Gasteiger partial charge in [0.05, 0.1) is 24.3 Å². The molecule has 1 unspecified atom stereocenters. The summed E-state index contributed by atoms with van der Waals surface area (Å²) in [6, 6.07) is 19.2. The number of anilines is 1. The minimum absolute atomic E-state index is 0.0340. The largest absolute Gasteiger partial charge is 0.507 e. The van der Waals surface area contributed by atoms with Crippen LogP contribution < -0.4 is 14.4 Å². The highest BCUT2D eigenvalue weighted by molar-refractivity contribution is 6.51. The Hall–Kier alpha value is -4.06. The van der Waals surface area contributed by atoms with Crippen LogP contribution in [0.2, 0.25) is 0 Å². The van der Waals surface area contributed by atoms with E-state index < -0.39 is 17.7 Å². The Morgan fingerprint density at radius 2 is 1.55 bits per heavy atom. The number of hydrogen-bond acceptors (Lipinski definition) is 5. The number of amides is 1. The molecular weight excluding hydrogens is 478 g/mol. The van der Waals surface area contributed by atoms with E-state index in [1.165, 1.54) is 4.90 Å². The van der Waals surface area contributed by atoms with Crippen molar-refractivity contribution in [2.45, 2.75) is 53.7 Å². The molecule has 1 aliphatic heterocycles. The first-order valence-electron chi connectivity index (χ1n) is 12.9. The zero-order valence-electron chi connectivity index (χ0n) is 22.8. The third-order valence-corrected chi connectivity index (χ3v) is 6.19.